The van der Waals surface area contributed by atoms with E-state index in [2.05, 4.69) is 5.32 Å². The van der Waals surface area contributed by atoms with Crippen LogP contribution < -0.4 is 10.2 Å². The third-order valence-electron chi connectivity index (χ3n) is 2.60. The number of carbonyl (C=O) groups is 1. The lowest BCUT2D eigenvalue weighted by Crippen LogP contribution is -2.15. The number of hydrogen-bond donors (Lipinski definition) is 1. The summed E-state index contributed by atoms with van der Waals surface area (Å²) < 4.78 is 25.1. The number of thiazole rings is 1. The molecule has 2 aromatic rings. The second-order valence-electron chi connectivity index (χ2n) is 3.95. The Labute approximate surface area is 128 Å². The van der Waals surface area contributed by atoms with Gasteiger partial charge in [-0.05, 0) is 13.0 Å². The van der Waals surface area contributed by atoms with Gasteiger partial charge in [-0.2, -0.15) is 0 Å². The summed E-state index contributed by atoms with van der Waals surface area (Å²) in [6.45, 7) is 1.75. The first-order valence-corrected chi connectivity index (χ1v) is 7.13. The van der Waals surface area contributed by atoms with Crippen LogP contribution in [0.25, 0.3) is 10.2 Å². The van der Waals surface area contributed by atoms with Crippen molar-refractivity contribution in [1.29, 1.82) is 0 Å². The van der Waals surface area contributed by atoms with Gasteiger partial charge in [-0.3, -0.25) is 14.7 Å². The van der Waals surface area contributed by atoms with Crippen molar-refractivity contribution in [1.82, 2.24) is 4.57 Å². The molecule has 0 aliphatic heterocycles. The highest BCUT2D eigenvalue weighted by Gasteiger charge is 2.20. The zero-order chi connectivity index (χ0) is 15.6. The quantitative estimate of drug-likeness (QED) is 0.933. The van der Waals surface area contributed by atoms with E-state index in [0.29, 0.717) is 5.52 Å². The Bertz CT molecular complexity index is 743. The van der Waals surface area contributed by atoms with Crippen molar-refractivity contribution in [3.8, 4) is 0 Å². The molecule has 1 heterocycles. The highest BCUT2D eigenvalue weighted by atomic mass is 35.5. The number of carbonyl (C=O) groups excluding carboxylic acids is 1. The lowest BCUT2D eigenvalue weighted by Gasteiger charge is -2.09. The minimum atomic E-state index is -0.806. The van der Waals surface area contributed by atoms with Crippen LogP contribution >= 0.6 is 22.9 Å². The molecule has 0 fully saturated rings. The molecule has 0 saturated heterocycles. The molecule has 0 aliphatic rings. The van der Waals surface area contributed by atoms with Gasteiger partial charge >= 0.3 is 11.0 Å². The summed E-state index contributed by atoms with van der Waals surface area (Å²) in [5.41, 5.74) is 0.173. The fraction of sp³-hybridized carbons (Fsp3) is 0.333. The maximum atomic E-state index is 14.0. The summed E-state index contributed by atoms with van der Waals surface area (Å²) in [7, 11) is 1.42. The molecule has 0 spiro atoms. The van der Waals surface area contributed by atoms with Crippen molar-refractivity contribution in [2.75, 3.05) is 19.0 Å². The lowest BCUT2D eigenvalue weighted by atomic mass is 10.2. The average molecular weight is 335 g/mol. The van der Waals surface area contributed by atoms with E-state index < -0.39 is 11.9 Å². The van der Waals surface area contributed by atoms with Gasteiger partial charge in [0.25, 0.3) is 0 Å². The van der Waals surface area contributed by atoms with Crippen molar-refractivity contribution >= 4 is 44.9 Å². The molecule has 0 aliphatic carbocycles. The van der Waals surface area contributed by atoms with Gasteiger partial charge < -0.3 is 9.47 Å². The average Bonchev–Trinajstić information content (AvgIpc) is 2.73. The van der Waals surface area contributed by atoms with Gasteiger partial charge in [0.15, 0.2) is 0 Å². The van der Waals surface area contributed by atoms with Crippen LogP contribution in [0.1, 0.15) is 6.92 Å². The SMILES string of the molecule is CCOC(=O)Nc1c(F)cc(Cl)c2c1sc(=O)n2COC. The summed E-state index contributed by atoms with van der Waals surface area (Å²) in [6, 6.07) is 1.03. The first kappa shape index (κ1) is 15.7. The number of anilines is 1. The highest BCUT2D eigenvalue weighted by Crippen LogP contribution is 2.34. The molecule has 9 heteroatoms. The van der Waals surface area contributed by atoms with Crippen LogP contribution in [0, 0.1) is 5.82 Å². The zero-order valence-electron chi connectivity index (χ0n) is 11.2. The van der Waals surface area contributed by atoms with E-state index in [9.17, 15) is 14.0 Å². The molecule has 21 heavy (non-hydrogen) atoms. The van der Waals surface area contributed by atoms with Gasteiger partial charge in [0.1, 0.15) is 12.5 Å². The minimum absolute atomic E-state index is 0.0248. The molecule has 0 bridgehead atoms. The Morgan fingerprint density at radius 2 is 2.29 bits per heavy atom. The lowest BCUT2D eigenvalue weighted by molar-refractivity contribution is 0.133. The number of aromatic nitrogens is 1. The van der Waals surface area contributed by atoms with E-state index in [1.165, 1.54) is 11.7 Å². The van der Waals surface area contributed by atoms with Crippen LogP contribution in [0.15, 0.2) is 10.9 Å². The van der Waals surface area contributed by atoms with Crippen molar-refractivity contribution < 1.29 is 18.7 Å². The Hall–Kier alpha value is -1.64. The largest absolute Gasteiger partial charge is 0.450 e. The molecule has 0 saturated carbocycles. The third-order valence-corrected chi connectivity index (χ3v) is 3.89. The van der Waals surface area contributed by atoms with Crippen LogP contribution in [0.2, 0.25) is 5.02 Å². The highest BCUT2D eigenvalue weighted by molar-refractivity contribution is 7.17. The third kappa shape index (κ3) is 3.02. The Balaban J connectivity index is 2.63. The molecule has 0 unspecified atom stereocenters. The Kier molecular flexibility index (Phi) is 4.81. The molecule has 1 aromatic heterocycles. The normalized spacial score (nSPS) is 10.9. The van der Waals surface area contributed by atoms with E-state index in [-0.39, 0.29) is 33.6 Å². The predicted molar refractivity (Wildman–Crippen MR) is 78.7 cm³/mol. The maximum absolute atomic E-state index is 14.0. The molecule has 114 valence electrons. The predicted octanol–water partition coefficient (Wildman–Crippen LogP) is 3.03. The van der Waals surface area contributed by atoms with Crippen LogP contribution in [-0.2, 0) is 16.2 Å². The van der Waals surface area contributed by atoms with E-state index in [4.69, 9.17) is 21.1 Å². The van der Waals surface area contributed by atoms with Crippen molar-refractivity contribution in [3.05, 3.63) is 26.6 Å². The molecule has 2 rings (SSSR count). The maximum Gasteiger partial charge on any atom is 0.411 e. The summed E-state index contributed by atoms with van der Waals surface area (Å²) >= 11 is 6.76. The number of halogens is 2. The van der Waals surface area contributed by atoms with Crippen LogP contribution in [0.5, 0.6) is 0 Å². The monoisotopic (exact) mass is 334 g/mol. The fourth-order valence-electron chi connectivity index (χ4n) is 1.80. The van der Waals surface area contributed by atoms with E-state index in [0.717, 1.165) is 17.4 Å². The van der Waals surface area contributed by atoms with Crippen molar-refractivity contribution in [3.63, 3.8) is 0 Å². The van der Waals surface area contributed by atoms with E-state index in [1.54, 1.807) is 6.92 Å². The van der Waals surface area contributed by atoms with Crippen LogP contribution in [-0.4, -0.2) is 24.4 Å². The number of nitrogens with zero attached hydrogens (tertiary/aromatic N) is 1. The molecule has 6 nitrogen and oxygen atoms in total. The first-order valence-electron chi connectivity index (χ1n) is 5.93. The molecule has 1 aromatic carbocycles. The van der Waals surface area contributed by atoms with Crippen molar-refractivity contribution in [2.45, 2.75) is 13.7 Å². The number of methoxy groups -OCH3 is 1. The van der Waals surface area contributed by atoms with Gasteiger partial charge in [0, 0.05) is 7.11 Å². The summed E-state index contributed by atoms with van der Waals surface area (Å²) in [4.78, 5) is 23.0. The topological polar surface area (TPSA) is 69.6 Å². The van der Waals surface area contributed by atoms with Gasteiger partial charge in [-0.15, -0.1) is 0 Å². The zero-order valence-corrected chi connectivity index (χ0v) is 12.8. The van der Waals surface area contributed by atoms with Gasteiger partial charge in [0.05, 0.1) is 27.5 Å². The Morgan fingerprint density at radius 3 is 2.90 bits per heavy atom. The number of benzene rings is 1. The van der Waals surface area contributed by atoms with Crippen LogP contribution in [0.3, 0.4) is 0 Å². The standard InChI is InChI=1S/C12H12ClFN2O4S/c1-3-20-11(17)15-8-7(14)4-6(13)9-10(8)21-12(18)16(9)5-19-2/h4H,3,5H2,1-2H3,(H,15,17). The van der Waals surface area contributed by atoms with Gasteiger partial charge in [-0.1, -0.05) is 22.9 Å². The summed E-state index contributed by atoms with van der Waals surface area (Å²) in [6.07, 6.45) is -0.806. The fourth-order valence-corrected chi connectivity index (χ4v) is 3.15. The number of rotatable bonds is 4. The molecule has 1 N–H and O–H groups in total. The molecule has 0 atom stereocenters. The molecular formula is C12H12ClFN2O4S. The van der Waals surface area contributed by atoms with Gasteiger partial charge in [-0.25, -0.2) is 9.18 Å². The van der Waals surface area contributed by atoms with Crippen molar-refractivity contribution in [2.24, 2.45) is 0 Å². The Morgan fingerprint density at radius 1 is 1.57 bits per heavy atom. The number of amides is 1. The second kappa shape index (κ2) is 6.42. The second-order valence-corrected chi connectivity index (χ2v) is 5.32. The summed E-state index contributed by atoms with van der Waals surface area (Å²) in [5, 5.41) is 2.35. The number of nitrogens with one attached hydrogen (secondary N) is 1. The number of hydrogen-bond acceptors (Lipinski definition) is 5. The first-order chi connectivity index (χ1) is 9.99. The number of ether oxygens (including phenoxy) is 2. The van der Waals surface area contributed by atoms with Crippen LogP contribution in [0.4, 0.5) is 14.9 Å². The van der Waals surface area contributed by atoms with E-state index in [1.807, 2.05) is 0 Å². The van der Waals surface area contributed by atoms with E-state index >= 15 is 0 Å². The molecule has 1 amide bonds. The van der Waals surface area contributed by atoms with Gasteiger partial charge in [0.2, 0.25) is 0 Å². The smallest absolute Gasteiger partial charge is 0.411 e. The number of fused-ring (bicyclic) bond motifs is 1. The minimum Gasteiger partial charge on any atom is -0.450 e. The molecule has 0 radical (unpaired) electrons. The summed E-state index contributed by atoms with van der Waals surface area (Å²) in [5.74, 6) is -0.744. The molecular weight excluding hydrogens is 323 g/mol.